The zero-order valence-corrected chi connectivity index (χ0v) is 21.0. The van der Waals surface area contributed by atoms with Crippen LogP contribution in [-0.4, -0.2) is 22.5 Å². The van der Waals surface area contributed by atoms with Gasteiger partial charge in [0.1, 0.15) is 5.92 Å². The number of benzene rings is 1. The third-order valence-corrected chi connectivity index (χ3v) is 8.35. The molecule has 2 atom stereocenters. The number of carbonyl (C=O) groups is 2. The fourth-order valence-electron chi connectivity index (χ4n) is 4.36. The van der Waals surface area contributed by atoms with Crippen LogP contribution >= 0.6 is 34.7 Å². The minimum Gasteiger partial charge on any atom is -0.325 e. The Morgan fingerprint density at radius 3 is 2.82 bits per heavy atom. The molecule has 1 aliphatic carbocycles. The normalized spacial score (nSPS) is 21.8. The summed E-state index contributed by atoms with van der Waals surface area (Å²) in [6.07, 6.45) is 1.12. The number of ketones is 1. The van der Waals surface area contributed by atoms with Crippen LogP contribution < -0.4 is 5.32 Å². The Morgan fingerprint density at radius 1 is 1.33 bits per heavy atom. The number of nitriles is 1. The number of thiophene rings is 1. The Labute approximate surface area is 206 Å². The summed E-state index contributed by atoms with van der Waals surface area (Å²) in [7, 11) is 0. The van der Waals surface area contributed by atoms with Gasteiger partial charge >= 0.3 is 0 Å². The van der Waals surface area contributed by atoms with Crippen LogP contribution in [0.15, 0.2) is 52.0 Å². The molecular weight excluding hydrogens is 474 g/mol. The van der Waals surface area contributed by atoms with Gasteiger partial charge < -0.3 is 5.32 Å². The number of allylic oxidation sites excluding steroid dienone is 2. The van der Waals surface area contributed by atoms with E-state index in [4.69, 9.17) is 16.6 Å². The average molecular weight is 498 g/mol. The lowest BCUT2D eigenvalue weighted by molar-refractivity contribution is -0.118. The molecule has 1 amide bonds. The number of halogens is 1. The molecule has 2 unspecified atom stereocenters. The summed E-state index contributed by atoms with van der Waals surface area (Å²) in [5.74, 6) is -0.954. The zero-order chi connectivity index (χ0) is 23.8. The fourth-order valence-corrected chi connectivity index (χ4v) is 6.30. The van der Waals surface area contributed by atoms with Gasteiger partial charge in [0, 0.05) is 39.2 Å². The summed E-state index contributed by atoms with van der Waals surface area (Å²) in [5, 5.41) is 16.1. The SMILES string of the molecule is Cc1c(Cl)cccc1NC(=O)CSC1=NC2=C(C(=O)CC(C)(C)C2)C(c2cccs2)C1C#N. The van der Waals surface area contributed by atoms with E-state index < -0.39 is 5.92 Å². The molecule has 0 radical (unpaired) electrons. The third-order valence-electron chi connectivity index (χ3n) is 5.93. The predicted molar refractivity (Wildman–Crippen MR) is 136 cm³/mol. The number of hydrogen-bond acceptors (Lipinski definition) is 6. The second-order valence-corrected chi connectivity index (χ2v) is 11.5. The van der Waals surface area contributed by atoms with Crippen LogP contribution in [0, 0.1) is 29.6 Å². The summed E-state index contributed by atoms with van der Waals surface area (Å²) in [6, 6.07) is 11.7. The largest absolute Gasteiger partial charge is 0.325 e. The molecule has 8 heteroatoms. The van der Waals surface area contributed by atoms with E-state index in [0.717, 1.165) is 16.1 Å². The summed E-state index contributed by atoms with van der Waals surface area (Å²) >= 11 is 8.97. The summed E-state index contributed by atoms with van der Waals surface area (Å²) in [6.45, 7) is 5.98. The van der Waals surface area contributed by atoms with Crippen LogP contribution in [-0.2, 0) is 9.59 Å². The van der Waals surface area contributed by atoms with Crippen molar-refractivity contribution in [3.8, 4) is 6.07 Å². The maximum Gasteiger partial charge on any atom is 0.234 e. The molecule has 1 aliphatic heterocycles. The molecule has 0 spiro atoms. The summed E-state index contributed by atoms with van der Waals surface area (Å²) in [5.41, 5.74) is 2.71. The Balaban J connectivity index is 1.61. The number of rotatable bonds is 4. The standard InChI is InChI=1S/C25H24ClN3O2S2/c1-14-16(26)6-4-7-17(14)28-21(31)13-33-24-15(12-27)22(20-8-5-9-32-20)23-18(29-24)10-25(2,3)11-19(23)30/h4-9,15,22H,10-11,13H2,1-3H3,(H,28,31). The molecule has 2 heterocycles. The number of aliphatic imine (C=N–C) groups is 1. The molecule has 4 rings (SSSR count). The molecule has 1 N–H and O–H groups in total. The smallest absolute Gasteiger partial charge is 0.234 e. The van der Waals surface area contributed by atoms with Crippen molar-refractivity contribution in [2.45, 2.75) is 39.5 Å². The maximum atomic E-state index is 13.1. The van der Waals surface area contributed by atoms with Crippen molar-refractivity contribution in [3.63, 3.8) is 0 Å². The lowest BCUT2D eigenvalue weighted by atomic mass is 9.69. The van der Waals surface area contributed by atoms with Crippen LogP contribution in [0.2, 0.25) is 5.02 Å². The third kappa shape index (κ3) is 4.93. The monoisotopic (exact) mass is 497 g/mol. The molecule has 1 aromatic carbocycles. The van der Waals surface area contributed by atoms with Gasteiger partial charge in [-0.25, -0.2) is 4.99 Å². The van der Waals surface area contributed by atoms with Gasteiger partial charge in [0.05, 0.1) is 16.9 Å². The van der Waals surface area contributed by atoms with Crippen LogP contribution in [0.25, 0.3) is 0 Å². The van der Waals surface area contributed by atoms with Gasteiger partial charge in [-0.05, 0) is 47.9 Å². The maximum absolute atomic E-state index is 13.1. The van der Waals surface area contributed by atoms with Crippen molar-refractivity contribution in [2.24, 2.45) is 16.3 Å². The van der Waals surface area contributed by atoms with Gasteiger partial charge in [-0.3, -0.25) is 9.59 Å². The van der Waals surface area contributed by atoms with Gasteiger partial charge in [0.15, 0.2) is 5.78 Å². The Bertz CT molecular complexity index is 1210. The van der Waals surface area contributed by atoms with Crippen LogP contribution in [0.3, 0.4) is 0 Å². The summed E-state index contributed by atoms with van der Waals surface area (Å²) in [4.78, 5) is 31.6. The molecule has 2 aromatic rings. The molecule has 0 bridgehead atoms. The van der Waals surface area contributed by atoms with E-state index in [9.17, 15) is 14.9 Å². The second kappa shape index (κ2) is 9.46. The number of hydrogen-bond donors (Lipinski definition) is 1. The number of anilines is 1. The minimum atomic E-state index is -0.599. The highest BCUT2D eigenvalue weighted by molar-refractivity contribution is 8.14. The molecular formula is C25H24ClN3O2S2. The number of Topliss-reactive ketones (excluding diaryl/α,β-unsaturated/α-hetero) is 1. The molecule has 5 nitrogen and oxygen atoms in total. The highest BCUT2D eigenvalue weighted by Crippen LogP contribution is 2.49. The van der Waals surface area contributed by atoms with Crippen LogP contribution in [0.5, 0.6) is 0 Å². The molecule has 2 aliphatic rings. The highest BCUT2D eigenvalue weighted by Gasteiger charge is 2.44. The molecule has 0 saturated carbocycles. The Morgan fingerprint density at radius 2 is 2.12 bits per heavy atom. The van der Waals surface area contributed by atoms with E-state index in [-0.39, 0.29) is 28.8 Å². The Hall–Kier alpha value is -2.40. The summed E-state index contributed by atoms with van der Waals surface area (Å²) < 4.78 is 0. The number of nitrogens with one attached hydrogen (secondary N) is 1. The second-order valence-electron chi connectivity index (χ2n) is 9.10. The van der Waals surface area contributed by atoms with Gasteiger partial charge in [0.2, 0.25) is 5.91 Å². The lowest BCUT2D eigenvalue weighted by Gasteiger charge is -2.37. The fraction of sp³-hybridized carbons (Fsp3) is 0.360. The Kier molecular flexibility index (Phi) is 6.81. The lowest BCUT2D eigenvalue weighted by Crippen LogP contribution is -2.35. The topological polar surface area (TPSA) is 82.3 Å². The molecule has 1 aromatic heterocycles. The first-order valence-electron chi connectivity index (χ1n) is 10.7. The predicted octanol–water partition coefficient (Wildman–Crippen LogP) is 6.36. The first kappa shape index (κ1) is 23.7. The molecule has 0 saturated heterocycles. The van der Waals surface area contributed by atoms with Crippen molar-refractivity contribution in [1.29, 1.82) is 5.26 Å². The number of carbonyl (C=O) groups excluding carboxylic acids is 2. The minimum absolute atomic E-state index is 0.0712. The van der Waals surface area contributed by atoms with Crippen molar-refractivity contribution < 1.29 is 9.59 Å². The number of thioether (sulfide) groups is 1. The van der Waals surface area contributed by atoms with Crippen molar-refractivity contribution in [3.05, 3.63) is 62.4 Å². The van der Waals surface area contributed by atoms with E-state index in [1.54, 1.807) is 29.5 Å². The van der Waals surface area contributed by atoms with Crippen molar-refractivity contribution in [1.82, 2.24) is 0 Å². The zero-order valence-electron chi connectivity index (χ0n) is 18.6. The van der Waals surface area contributed by atoms with Crippen LogP contribution in [0.1, 0.15) is 43.0 Å². The average Bonchev–Trinajstić information content (AvgIpc) is 3.28. The molecule has 170 valence electrons. The van der Waals surface area contributed by atoms with Gasteiger partial charge in [-0.2, -0.15) is 5.26 Å². The number of amides is 1. The van der Waals surface area contributed by atoms with E-state index in [1.165, 1.54) is 11.8 Å². The first-order valence-corrected chi connectivity index (χ1v) is 12.9. The van der Waals surface area contributed by atoms with E-state index in [2.05, 4.69) is 25.2 Å². The number of nitrogens with zero attached hydrogens (tertiary/aromatic N) is 2. The van der Waals surface area contributed by atoms with Crippen LogP contribution in [0.4, 0.5) is 5.69 Å². The van der Waals surface area contributed by atoms with Crippen molar-refractivity contribution >= 4 is 57.1 Å². The molecule has 33 heavy (non-hydrogen) atoms. The van der Waals surface area contributed by atoms with E-state index in [0.29, 0.717) is 34.2 Å². The first-order chi connectivity index (χ1) is 15.7. The van der Waals surface area contributed by atoms with Crippen molar-refractivity contribution in [2.75, 3.05) is 11.1 Å². The quantitative estimate of drug-likeness (QED) is 0.532. The van der Waals surface area contributed by atoms with E-state index in [1.807, 2.05) is 24.4 Å². The van der Waals surface area contributed by atoms with E-state index >= 15 is 0 Å². The van der Waals surface area contributed by atoms with Gasteiger partial charge in [-0.15, -0.1) is 11.3 Å². The molecule has 0 fully saturated rings. The van der Waals surface area contributed by atoms with Gasteiger partial charge in [-0.1, -0.05) is 49.3 Å². The highest BCUT2D eigenvalue weighted by atomic mass is 35.5. The van der Waals surface area contributed by atoms with Gasteiger partial charge in [0.25, 0.3) is 0 Å².